The molecule has 0 aliphatic rings. The molecular formula is C15H24Cl2NO4P. The van der Waals surface area contributed by atoms with Gasteiger partial charge in [-0.05, 0) is 44.5 Å². The summed E-state index contributed by atoms with van der Waals surface area (Å²) >= 11 is 12.0. The lowest BCUT2D eigenvalue weighted by molar-refractivity contribution is -0.180. The molecule has 0 saturated carbocycles. The van der Waals surface area contributed by atoms with Gasteiger partial charge in [0.15, 0.2) is 0 Å². The lowest BCUT2D eigenvalue weighted by atomic mass is 10.2. The van der Waals surface area contributed by atoms with Gasteiger partial charge in [0.25, 0.3) is 0 Å². The summed E-state index contributed by atoms with van der Waals surface area (Å²) in [5, 5.41) is 4.46. The normalized spacial score (nSPS) is 13.3. The van der Waals surface area contributed by atoms with E-state index in [2.05, 4.69) is 5.32 Å². The van der Waals surface area contributed by atoms with Crippen LogP contribution in [-0.2, 0) is 20.6 Å². The summed E-state index contributed by atoms with van der Waals surface area (Å²) in [7, 11) is -2.97. The summed E-state index contributed by atoms with van der Waals surface area (Å²) in [6.07, 6.45) is 0.993. The molecule has 132 valence electrons. The van der Waals surface area contributed by atoms with E-state index < -0.39 is 13.6 Å². The van der Waals surface area contributed by atoms with Gasteiger partial charge in [-0.1, -0.05) is 29.3 Å². The third-order valence-corrected chi connectivity index (χ3v) is 5.05. The second-order valence-electron chi connectivity index (χ2n) is 4.94. The fourth-order valence-electron chi connectivity index (χ4n) is 2.22. The average molecular weight is 384 g/mol. The van der Waals surface area contributed by atoms with Crippen LogP contribution in [0, 0.1) is 0 Å². The average Bonchev–Trinajstić information content (AvgIpc) is 2.49. The summed E-state index contributed by atoms with van der Waals surface area (Å²) in [5.74, 6) is 0. The van der Waals surface area contributed by atoms with Gasteiger partial charge in [0.1, 0.15) is 0 Å². The maximum Gasteiger partial charge on any atom is 0.246 e. The summed E-state index contributed by atoms with van der Waals surface area (Å²) in [6, 6.07) is 5.36. The molecule has 0 spiro atoms. The van der Waals surface area contributed by atoms with Gasteiger partial charge in [0.2, 0.25) is 13.6 Å². The molecule has 1 aromatic carbocycles. The quantitative estimate of drug-likeness (QED) is 0.342. The van der Waals surface area contributed by atoms with Gasteiger partial charge in [-0.2, -0.15) is 0 Å². The van der Waals surface area contributed by atoms with Crippen LogP contribution < -0.4 is 5.32 Å². The first-order valence-corrected chi connectivity index (χ1v) is 9.72. The van der Waals surface area contributed by atoms with Crippen molar-refractivity contribution in [3.05, 3.63) is 33.8 Å². The van der Waals surface area contributed by atoms with Crippen molar-refractivity contribution >= 4 is 31.2 Å². The van der Waals surface area contributed by atoms with Crippen LogP contribution >= 0.6 is 31.2 Å². The predicted octanol–water partition coefficient (Wildman–Crippen LogP) is 4.06. The predicted molar refractivity (Wildman–Crippen MR) is 94.6 cm³/mol. The summed E-state index contributed by atoms with van der Waals surface area (Å²) in [6.45, 7) is 5.45. The molecule has 1 aromatic rings. The highest BCUT2D eigenvalue weighted by Crippen LogP contribution is 2.41. The minimum atomic E-state index is -2.97. The molecule has 0 fully saturated rings. The van der Waals surface area contributed by atoms with Crippen molar-refractivity contribution in [2.24, 2.45) is 0 Å². The zero-order valence-electron chi connectivity index (χ0n) is 13.4. The van der Waals surface area contributed by atoms with Gasteiger partial charge in [-0.15, -0.1) is 0 Å². The van der Waals surface area contributed by atoms with E-state index in [0.29, 0.717) is 49.2 Å². The number of ether oxygens (including phenoxy) is 2. The van der Waals surface area contributed by atoms with Gasteiger partial charge in [-0.3, -0.25) is 4.57 Å². The van der Waals surface area contributed by atoms with E-state index in [1.807, 2.05) is 6.07 Å². The second kappa shape index (κ2) is 10.7. The summed E-state index contributed by atoms with van der Waals surface area (Å²) < 4.78 is 22.5. The maximum absolute atomic E-state index is 11.6. The molecule has 0 aliphatic heterocycles. The molecule has 0 radical (unpaired) electrons. The van der Waals surface area contributed by atoms with E-state index in [4.69, 9.17) is 32.7 Å². The summed E-state index contributed by atoms with van der Waals surface area (Å²) in [4.78, 5) is 9.57. The molecule has 0 aromatic heterocycles. The molecule has 1 atom stereocenters. The Morgan fingerprint density at radius 3 is 2.43 bits per heavy atom. The fraction of sp³-hybridized carbons (Fsp3) is 0.600. The molecule has 0 heterocycles. The molecule has 0 saturated heterocycles. The molecule has 1 unspecified atom stereocenters. The molecule has 0 amide bonds. The van der Waals surface area contributed by atoms with Crippen LogP contribution in [0.25, 0.3) is 0 Å². The van der Waals surface area contributed by atoms with Crippen LogP contribution in [-0.4, -0.2) is 30.2 Å². The van der Waals surface area contributed by atoms with Crippen molar-refractivity contribution in [3.8, 4) is 0 Å². The van der Waals surface area contributed by atoms with Gasteiger partial charge >= 0.3 is 0 Å². The number of rotatable bonds is 11. The Kier molecular flexibility index (Phi) is 9.71. The molecule has 8 heteroatoms. The molecule has 1 rings (SSSR count). The highest BCUT2D eigenvalue weighted by molar-refractivity contribution is 7.39. The first kappa shape index (κ1) is 20.9. The molecule has 5 nitrogen and oxygen atoms in total. The van der Waals surface area contributed by atoms with Crippen molar-refractivity contribution in [3.63, 3.8) is 0 Å². The Labute approximate surface area is 148 Å². The minimum Gasteiger partial charge on any atom is -0.343 e. The molecule has 23 heavy (non-hydrogen) atoms. The van der Waals surface area contributed by atoms with Crippen molar-refractivity contribution in [1.29, 1.82) is 0 Å². The third-order valence-electron chi connectivity index (χ3n) is 3.27. The maximum atomic E-state index is 11.6. The molecule has 2 N–H and O–H groups in total. The van der Waals surface area contributed by atoms with Crippen LogP contribution in [0.4, 0.5) is 0 Å². The SMILES string of the molecule is CCOC(CCCNCc1ccc(Cl)cc1Cl)(OCC)[PH](=O)O. The first-order valence-electron chi connectivity index (χ1n) is 7.61. The van der Waals surface area contributed by atoms with E-state index in [9.17, 15) is 9.46 Å². The number of benzene rings is 1. The van der Waals surface area contributed by atoms with Crippen molar-refractivity contribution in [1.82, 2.24) is 5.32 Å². The zero-order chi connectivity index (χ0) is 17.3. The van der Waals surface area contributed by atoms with Crippen molar-refractivity contribution in [2.45, 2.75) is 38.8 Å². The Morgan fingerprint density at radius 1 is 1.26 bits per heavy atom. The zero-order valence-corrected chi connectivity index (χ0v) is 15.9. The topological polar surface area (TPSA) is 67.8 Å². The lowest BCUT2D eigenvalue weighted by Crippen LogP contribution is -2.33. The van der Waals surface area contributed by atoms with E-state index >= 15 is 0 Å². The Hall–Kier alpha value is -0.130. The summed E-state index contributed by atoms with van der Waals surface area (Å²) in [5.41, 5.74) is -0.430. The van der Waals surface area contributed by atoms with E-state index in [1.54, 1.807) is 26.0 Å². The highest BCUT2D eigenvalue weighted by Gasteiger charge is 2.37. The van der Waals surface area contributed by atoms with Crippen molar-refractivity contribution < 1.29 is 18.9 Å². The van der Waals surface area contributed by atoms with Crippen LogP contribution in [0.3, 0.4) is 0 Å². The van der Waals surface area contributed by atoms with Gasteiger partial charge in [0.05, 0.1) is 0 Å². The largest absolute Gasteiger partial charge is 0.343 e. The third kappa shape index (κ3) is 6.71. The Balaban J connectivity index is 2.46. The first-order chi connectivity index (χ1) is 10.9. The molecule has 0 bridgehead atoms. The number of hydrogen-bond donors (Lipinski definition) is 2. The van der Waals surface area contributed by atoms with Crippen LogP contribution in [0.2, 0.25) is 10.0 Å². The number of hydrogen-bond acceptors (Lipinski definition) is 4. The Morgan fingerprint density at radius 2 is 1.91 bits per heavy atom. The van der Waals surface area contributed by atoms with Gasteiger partial charge < -0.3 is 19.7 Å². The monoisotopic (exact) mass is 383 g/mol. The van der Waals surface area contributed by atoms with Gasteiger partial charge in [-0.25, -0.2) is 0 Å². The van der Waals surface area contributed by atoms with Crippen LogP contribution in [0.1, 0.15) is 32.3 Å². The molecule has 0 aliphatic carbocycles. The standard InChI is InChI=1S/C15H24Cl2NO4P/c1-3-21-15(22-4-2,23(19)20)8-5-9-18-11-12-6-7-13(16)10-14(12)17/h6-7,10,18,23H,3-5,8-9,11H2,1-2H3,(H,19,20). The fourth-order valence-corrected chi connectivity index (χ4v) is 3.62. The highest BCUT2D eigenvalue weighted by atomic mass is 35.5. The van der Waals surface area contributed by atoms with E-state index in [0.717, 1.165) is 5.56 Å². The van der Waals surface area contributed by atoms with E-state index in [1.165, 1.54) is 0 Å². The smallest absolute Gasteiger partial charge is 0.246 e. The van der Waals surface area contributed by atoms with Crippen LogP contribution in [0.5, 0.6) is 0 Å². The Bertz CT molecular complexity index is 510. The van der Waals surface area contributed by atoms with E-state index in [-0.39, 0.29) is 0 Å². The van der Waals surface area contributed by atoms with Crippen molar-refractivity contribution in [2.75, 3.05) is 19.8 Å². The molecular weight excluding hydrogens is 360 g/mol. The second-order valence-corrected chi connectivity index (χ2v) is 7.16. The number of halogens is 2. The van der Waals surface area contributed by atoms with Crippen LogP contribution in [0.15, 0.2) is 18.2 Å². The van der Waals surface area contributed by atoms with Gasteiger partial charge in [0, 0.05) is 36.2 Å². The minimum absolute atomic E-state index is 0.324. The lowest BCUT2D eigenvalue weighted by Gasteiger charge is -2.30. The number of nitrogens with one attached hydrogen (secondary N) is 1.